The maximum atomic E-state index is 10.9. The van der Waals surface area contributed by atoms with Crippen LogP contribution in [0.3, 0.4) is 0 Å². The molecule has 0 rings (SSSR count). The van der Waals surface area contributed by atoms with Crippen LogP contribution >= 0.6 is 0 Å². The van der Waals surface area contributed by atoms with E-state index in [2.05, 4.69) is 25.0 Å². The molecule has 0 aliphatic rings. The van der Waals surface area contributed by atoms with Gasteiger partial charge in [-0.1, -0.05) is 26.5 Å². The van der Waals surface area contributed by atoms with E-state index in [4.69, 9.17) is 9.47 Å². The van der Waals surface area contributed by atoms with Crippen molar-refractivity contribution in [3.8, 4) is 0 Å². The maximum Gasteiger partial charge on any atom is 0.330 e. The molecule has 5 nitrogen and oxygen atoms in total. The van der Waals surface area contributed by atoms with Gasteiger partial charge < -0.3 is 9.47 Å². The van der Waals surface area contributed by atoms with Gasteiger partial charge in [0.05, 0.1) is 0 Å². The summed E-state index contributed by atoms with van der Waals surface area (Å²) in [7, 11) is 0. The van der Waals surface area contributed by atoms with E-state index >= 15 is 0 Å². The van der Waals surface area contributed by atoms with Gasteiger partial charge in [-0.15, -0.1) is 0 Å². The van der Waals surface area contributed by atoms with Crippen LogP contribution in [0.25, 0.3) is 0 Å². The minimum atomic E-state index is -0.423. The van der Waals surface area contributed by atoms with E-state index in [9.17, 15) is 9.59 Å². The molecule has 0 amide bonds. The van der Waals surface area contributed by atoms with Gasteiger partial charge in [0.2, 0.25) is 0 Å². The van der Waals surface area contributed by atoms with E-state index in [0.717, 1.165) is 31.5 Å². The summed E-state index contributed by atoms with van der Waals surface area (Å²) in [6.45, 7) is 11.5. The molecule has 0 bridgehead atoms. The van der Waals surface area contributed by atoms with Crippen molar-refractivity contribution in [3.63, 3.8) is 0 Å². The number of hydrogen-bond donors (Lipinski definition) is 0. The zero-order valence-corrected chi connectivity index (χ0v) is 11.6. The van der Waals surface area contributed by atoms with Gasteiger partial charge in [-0.05, 0) is 13.0 Å². The third-order valence-electron chi connectivity index (χ3n) is 2.46. The molecule has 0 spiro atoms. The standard InChI is InChI=1S/C14H23NO4/c1-4-7-8-15(9-11-18-13(16)5-2)10-12-19-14(17)6-3/h5-6H,2-4,7-12H2,1H3. The number of carbonyl (C=O) groups excluding carboxylic acids is 2. The zero-order valence-electron chi connectivity index (χ0n) is 11.6. The number of ether oxygens (including phenoxy) is 2. The second kappa shape index (κ2) is 11.5. The van der Waals surface area contributed by atoms with Gasteiger partial charge in [-0.3, -0.25) is 4.90 Å². The van der Waals surface area contributed by atoms with Crippen molar-refractivity contribution in [3.05, 3.63) is 25.3 Å². The van der Waals surface area contributed by atoms with Crippen LogP contribution in [-0.4, -0.2) is 49.7 Å². The molecular formula is C14H23NO4. The first-order chi connectivity index (χ1) is 9.13. The second-order valence-corrected chi connectivity index (χ2v) is 3.94. The number of rotatable bonds is 11. The molecule has 0 unspecified atom stereocenters. The summed E-state index contributed by atoms with van der Waals surface area (Å²) in [5, 5.41) is 0. The van der Waals surface area contributed by atoms with Crippen LogP contribution in [0.2, 0.25) is 0 Å². The minimum Gasteiger partial charge on any atom is -0.461 e. The number of nitrogens with zero attached hydrogens (tertiary/aromatic N) is 1. The van der Waals surface area contributed by atoms with Crippen LogP contribution < -0.4 is 0 Å². The first-order valence-electron chi connectivity index (χ1n) is 6.44. The Balaban J connectivity index is 3.93. The second-order valence-electron chi connectivity index (χ2n) is 3.94. The molecule has 0 aromatic heterocycles. The predicted molar refractivity (Wildman–Crippen MR) is 73.7 cm³/mol. The van der Waals surface area contributed by atoms with Crippen molar-refractivity contribution >= 4 is 11.9 Å². The summed E-state index contributed by atoms with van der Waals surface area (Å²) >= 11 is 0. The van der Waals surface area contributed by atoms with Gasteiger partial charge in [-0.25, -0.2) is 9.59 Å². The van der Waals surface area contributed by atoms with Crippen LogP contribution in [0, 0.1) is 0 Å². The summed E-state index contributed by atoms with van der Waals surface area (Å²) in [6, 6.07) is 0. The molecule has 0 aromatic carbocycles. The highest BCUT2D eigenvalue weighted by molar-refractivity contribution is 5.81. The van der Waals surface area contributed by atoms with Crippen LogP contribution in [0.15, 0.2) is 25.3 Å². The Morgan fingerprint density at radius 3 is 1.84 bits per heavy atom. The summed E-state index contributed by atoms with van der Waals surface area (Å²) < 4.78 is 9.86. The Labute approximate surface area is 114 Å². The Hall–Kier alpha value is -1.62. The largest absolute Gasteiger partial charge is 0.461 e. The number of esters is 2. The fourth-order valence-corrected chi connectivity index (χ4v) is 1.39. The zero-order chi connectivity index (χ0) is 14.5. The Kier molecular flexibility index (Phi) is 10.5. The Morgan fingerprint density at radius 1 is 1.00 bits per heavy atom. The lowest BCUT2D eigenvalue weighted by atomic mass is 10.3. The van der Waals surface area contributed by atoms with Crippen LogP contribution in [0.1, 0.15) is 19.8 Å². The first-order valence-corrected chi connectivity index (χ1v) is 6.44. The molecular weight excluding hydrogens is 246 g/mol. The van der Waals surface area contributed by atoms with E-state index < -0.39 is 11.9 Å². The molecule has 0 N–H and O–H groups in total. The van der Waals surface area contributed by atoms with Gasteiger partial charge in [0.25, 0.3) is 0 Å². The van der Waals surface area contributed by atoms with Gasteiger partial charge in [0, 0.05) is 25.2 Å². The normalized spacial score (nSPS) is 10.0. The van der Waals surface area contributed by atoms with Crippen molar-refractivity contribution in [1.29, 1.82) is 0 Å². The quantitative estimate of drug-likeness (QED) is 0.421. The first kappa shape index (κ1) is 17.4. The van der Waals surface area contributed by atoms with Gasteiger partial charge in [0.15, 0.2) is 0 Å². The molecule has 108 valence electrons. The molecule has 0 aromatic rings. The summed E-state index contributed by atoms with van der Waals surface area (Å²) in [6.07, 6.45) is 4.41. The number of unbranched alkanes of at least 4 members (excludes halogenated alkanes) is 1. The van der Waals surface area contributed by atoms with E-state index in [1.54, 1.807) is 0 Å². The van der Waals surface area contributed by atoms with Crippen molar-refractivity contribution < 1.29 is 19.1 Å². The molecule has 5 heteroatoms. The molecule has 0 aliphatic heterocycles. The molecule has 19 heavy (non-hydrogen) atoms. The van der Waals surface area contributed by atoms with Gasteiger partial charge >= 0.3 is 11.9 Å². The molecule has 0 aliphatic carbocycles. The molecule has 0 saturated carbocycles. The van der Waals surface area contributed by atoms with Gasteiger partial charge in [-0.2, -0.15) is 0 Å². The fourth-order valence-electron chi connectivity index (χ4n) is 1.39. The number of hydrogen-bond acceptors (Lipinski definition) is 5. The molecule has 0 heterocycles. The average Bonchev–Trinajstić information content (AvgIpc) is 2.43. The van der Waals surface area contributed by atoms with Crippen molar-refractivity contribution in [1.82, 2.24) is 4.90 Å². The molecule has 0 atom stereocenters. The summed E-state index contributed by atoms with van der Waals surface area (Å²) in [5.74, 6) is -0.845. The highest BCUT2D eigenvalue weighted by atomic mass is 16.5. The third kappa shape index (κ3) is 10.0. The highest BCUT2D eigenvalue weighted by Gasteiger charge is 2.06. The smallest absolute Gasteiger partial charge is 0.330 e. The van der Waals surface area contributed by atoms with Crippen LogP contribution in [0.4, 0.5) is 0 Å². The van der Waals surface area contributed by atoms with Gasteiger partial charge in [0.1, 0.15) is 13.2 Å². The molecule has 0 radical (unpaired) electrons. The van der Waals surface area contributed by atoms with Crippen molar-refractivity contribution in [2.24, 2.45) is 0 Å². The fraction of sp³-hybridized carbons (Fsp3) is 0.571. The van der Waals surface area contributed by atoms with E-state index in [0.29, 0.717) is 26.3 Å². The topological polar surface area (TPSA) is 55.8 Å². The summed E-state index contributed by atoms with van der Waals surface area (Å²) in [4.78, 5) is 23.9. The number of carbonyl (C=O) groups is 2. The lowest BCUT2D eigenvalue weighted by Gasteiger charge is -2.21. The predicted octanol–water partition coefficient (Wildman–Crippen LogP) is 1.55. The monoisotopic (exact) mass is 269 g/mol. The van der Waals surface area contributed by atoms with Crippen LogP contribution in [-0.2, 0) is 19.1 Å². The summed E-state index contributed by atoms with van der Waals surface area (Å²) in [5.41, 5.74) is 0. The molecule has 0 saturated heterocycles. The van der Waals surface area contributed by atoms with E-state index in [-0.39, 0.29) is 0 Å². The van der Waals surface area contributed by atoms with E-state index in [1.165, 1.54) is 0 Å². The minimum absolute atomic E-state index is 0.309. The van der Waals surface area contributed by atoms with Crippen molar-refractivity contribution in [2.75, 3.05) is 32.8 Å². The lowest BCUT2D eigenvalue weighted by molar-refractivity contribution is -0.138. The molecule has 0 fully saturated rings. The van der Waals surface area contributed by atoms with Crippen molar-refractivity contribution in [2.45, 2.75) is 19.8 Å². The Morgan fingerprint density at radius 2 is 1.47 bits per heavy atom. The van der Waals surface area contributed by atoms with E-state index in [1.807, 2.05) is 0 Å². The third-order valence-corrected chi connectivity index (χ3v) is 2.46. The Bertz CT molecular complexity index is 276. The average molecular weight is 269 g/mol. The lowest BCUT2D eigenvalue weighted by Crippen LogP contribution is -2.32. The van der Waals surface area contributed by atoms with Crippen LogP contribution in [0.5, 0.6) is 0 Å². The maximum absolute atomic E-state index is 10.9. The SMILES string of the molecule is C=CC(=O)OCCN(CCCC)CCOC(=O)C=C. The highest BCUT2D eigenvalue weighted by Crippen LogP contribution is 1.96.